The van der Waals surface area contributed by atoms with Crippen LogP contribution >= 0.6 is 11.6 Å². The first kappa shape index (κ1) is 41.2. The first-order valence-corrected chi connectivity index (χ1v) is 22.4. The third-order valence-corrected chi connectivity index (χ3v) is 13.8. The Morgan fingerprint density at radius 2 is 1.36 bits per heavy atom. The molecule has 2 aromatic heterocycles. The van der Waals surface area contributed by atoms with Gasteiger partial charge in [0, 0.05) is 58.2 Å². The van der Waals surface area contributed by atoms with Gasteiger partial charge < -0.3 is 18.7 Å². The van der Waals surface area contributed by atoms with Gasteiger partial charge in [-0.3, -0.25) is 4.98 Å². The molecule has 6 aromatic carbocycles. The number of benzene rings is 6. The molecule has 3 saturated heterocycles. The van der Waals surface area contributed by atoms with Crippen LogP contribution in [-0.2, 0) is 6.54 Å². The summed E-state index contributed by atoms with van der Waals surface area (Å²) in [6.45, 7) is 7.07. The third-order valence-electron chi connectivity index (χ3n) is 13.5. The number of hydrogen-bond acceptors (Lipinski definition) is 6. The zero-order chi connectivity index (χ0) is 43.6. The average Bonchev–Trinajstić information content (AvgIpc) is 3.36. The lowest BCUT2D eigenvalue weighted by Gasteiger charge is -2.58. The maximum Gasteiger partial charge on any atom is 0.227 e. The average molecular weight is 862 g/mol. The van der Waals surface area contributed by atoms with E-state index in [1.54, 1.807) is 14.2 Å². The van der Waals surface area contributed by atoms with Gasteiger partial charge in [-0.25, -0.2) is 4.98 Å². The predicted molar refractivity (Wildman–Crippen MR) is 257 cm³/mol. The molecule has 64 heavy (non-hydrogen) atoms. The second-order valence-corrected chi connectivity index (χ2v) is 17.4. The molecular weight excluding hydrogens is 812 g/mol. The van der Waals surface area contributed by atoms with Gasteiger partial charge in [0.15, 0.2) is 11.9 Å². The summed E-state index contributed by atoms with van der Waals surface area (Å²) in [6, 6.07) is 54.1. The molecule has 318 valence electrons. The van der Waals surface area contributed by atoms with Crippen molar-refractivity contribution < 1.29 is 18.7 Å². The minimum absolute atomic E-state index is 0.00765. The molecule has 5 heterocycles. The van der Waals surface area contributed by atoms with Crippen LogP contribution in [0, 0.1) is 11.8 Å². The number of quaternary nitrogens is 1. The highest BCUT2D eigenvalue weighted by Crippen LogP contribution is 2.51. The highest BCUT2D eigenvalue weighted by atomic mass is 35.5. The Hall–Kier alpha value is -6.80. The number of piperidine rings is 3. The van der Waals surface area contributed by atoms with Crippen molar-refractivity contribution in [3.8, 4) is 62.1 Å². The normalized spacial score (nSPS) is 19.5. The second kappa shape index (κ2) is 17.8. The van der Waals surface area contributed by atoms with Gasteiger partial charge in [0.1, 0.15) is 29.2 Å². The third kappa shape index (κ3) is 7.80. The molecule has 3 aliphatic heterocycles. The number of nitrogens with zero attached hydrogens (tertiary/aromatic N) is 4. The summed E-state index contributed by atoms with van der Waals surface area (Å²) in [7, 11) is 3.48. The van der Waals surface area contributed by atoms with Gasteiger partial charge in [0.2, 0.25) is 5.88 Å². The SMILES string of the molecule is C=CC1C[N+]2(Cc3cc(-c4ccccc4)c(OC)c(-c4ccccc4)c3)CCC1CC2[C@@H](Oc1nc(-c2ccccc2)nc(Cl)c1-c1ccccc1)c1ccnc2ccc(OC)cc12. The van der Waals surface area contributed by atoms with Crippen LogP contribution in [0.25, 0.3) is 55.7 Å². The van der Waals surface area contributed by atoms with Crippen LogP contribution in [0.5, 0.6) is 17.4 Å². The van der Waals surface area contributed by atoms with Gasteiger partial charge in [-0.05, 0) is 59.0 Å². The van der Waals surface area contributed by atoms with Gasteiger partial charge in [-0.1, -0.05) is 139 Å². The zero-order valence-corrected chi connectivity index (χ0v) is 36.9. The minimum Gasteiger partial charge on any atom is -0.497 e. The summed E-state index contributed by atoms with van der Waals surface area (Å²) < 4.78 is 20.6. The van der Waals surface area contributed by atoms with Crippen molar-refractivity contribution in [3.05, 3.63) is 193 Å². The maximum absolute atomic E-state index is 7.69. The van der Waals surface area contributed by atoms with Crippen LogP contribution in [0.1, 0.15) is 30.1 Å². The van der Waals surface area contributed by atoms with Crippen molar-refractivity contribution in [1.29, 1.82) is 0 Å². The van der Waals surface area contributed by atoms with Crippen molar-refractivity contribution in [2.75, 3.05) is 27.3 Å². The largest absolute Gasteiger partial charge is 0.497 e. The number of halogens is 1. The van der Waals surface area contributed by atoms with Crippen LogP contribution in [0.4, 0.5) is 0 Å². The quantitative estimate of drug-likeness (QED) is 0.0653. The Bertz CT molecular complexity index is 2870. The molecule has 0 N–H and O–H groups in total. The number of hydrogen-bond donors (Lipinski definition) is 0. The maximum atomic E-state index is 7.69. The first-order chi connectivity index (χ1) is 31.4. The van der Waals surface area contributed by atoms with E-state index in [-0.39, 0.29) is 6.04 Å². The number of aromatic nitrogens is 3. The molecule has 8 aromatic rings. The van der Waals surface area contributed by atoms with E-state index in [2.05, 4.69) is 97.6 Å². The highest BCUT2D eigenvalue weighted by Gasteiger charge is 2.55. The van der Waals surface area contributed by atoms with Gasteiger partial charge >= 0.3 is 0 Å². The molecule has 2 bridgehead atoms. The number of fused-ring (bicyclic) bond motifs is 4. The summed E-state index contributed by atoms with van der Waals surface area (Å²) in [4.78, 5) is 15.0. The summed E-state index contributed by atoms with van der Waals surface area (Å²) in [5, 5.41) is 1.30. The minimum atomic E-state index is -0.483. The van der Waals surface area contributed by atoms with E-state index in [1.807, 2.05) is 79.0 Å². The second-order valence-electron chi connectivity index (χ2n) is 17.1. The van der Waals surface area contributed by atoms with Crippen LogP contribution in [0.15, 0.2) is 177 Å². The summed E-state index contributed by atoms with van der Waals surface area (Å²) in [5.41, 5.74) is 9.86. The monoisotopic (exact) mass is 861 g/mol. The Balaban J connectivity index is 1.19. The lowest BCUT2D eigenvalue weighted by Crippen LogP contribution is -2.68. The smallest absolute Gasteiger partial charge is 0.227 e. The van der Waals surface area contributed by atoms with E-state index in [1.165, 1.54) is 5.56 Å². The van der Waals surface area contributed by atoms with Crippen molar-refractivity contribution in [3.63, 3.8) is 0 Å². The van der Waals surface area contributed by atoms with Gasteiger partial charge in [-0.2, -0.15) is 4.98 Å². The van der Waals surface area contributed by atoms with E-state index in [9.17, 15) is 0 Å². The van der Waals surface area contributed by atoms with Crippen molar-refractivity contribution >= 4 is 22.5 Å². The number of pyridine rings is 1. The first-order valence-electron chi connectivity index (χ1n) is 22.0. The standard InChI is InChI=1S/C56H50ClN4O3/c1-4-38-36-61(35-37-31-46(39-17-9-5-10-18-39)52(63-3)47(32-37)40-19-11-6-12-20-40)30-28-43(38)33-50(61)53(45-27-29-58-49-26-25-44(62-2)34-48(45)49)64-56-51(41-21-13-7-14-22-41)54(57)59-55(60-56)42-23-15-8-16-24-42/h4-27,29,31-32,34,38,43,50,53H,1,28,30,33,35-36H2,2-3H3/q+1/t38?,43?,50?,53-,61?/m0/s1. The molecule has 0 radical (unpaired) electrons. The Morgan fingerprint density at radius 3 is 1.97 bits per heavy atom. The molecule has 0 spiro atoms. The van der Waals surface area contributed by atoms with E-state index >= 15 is 0 Å². The topological polar surface area (TPSA) is 66.4 Å². The molecule has 4 unspecified atom stereocenters. The van der Waals surface area contributed by atoms with Crippen LogP contribution in [0.2, 0.25) is 5.15 Å². The fourth-order valence-corrected chi connectivity index (χ4v) is 10.7. The molecule has 0 saturated carbocycles. The fourth-order valence-electron chi connectivity index (χ4n) is 10.4. The lowest BCUT2D eigenvalue weighted by atomic mass is 9.71. The highest BCUT2D eigenvalue weighted by molar-refractivity contribution is 6.32. The van der Waals surface area contributed by atoms with Gasteiger partial charge in [0.05, 0.1) is 38.4 Å². The molecule has 7 nitrogen and oxygen atoms in total. The van der Waals surface area contributed by atoms with E-state index in [0.717, 1.165) is 98.3 Å². The van der Waals surface area contributed by atoms with Crippen LogP contribution in [0.3, 0.4) is 0 Å². The van der Waals surface area contributed by atoms with Crippen LogP contribution in [-0.4, -0.2) is 52.8 Å². The molecular formula is C56H50ClN4O3+. The number of ether oxygens (including phenoxy) is 3. The molecule has 3 aliphatic rings. The molecule has 0 aliphatic carbocycles. The Morgan fingerprint density at radius 1 is 0.734 bits per heavy atom. The molecule has 11 rings (SSSR count). The zero-order valence-electron chi connectivity index (χ0n) is 36.1. The number of rotatable bonds is 13. The molecule has 8 heteroatoms. The molecule has 3 fully saturated rings. The molecule has 0 amide bonds. The van der Waals surface area contributed by atoms with Crippen molar-refractivity contribution in [2.45, 2.75) is 31.5 Å². The van der Waals surface area contributed by atoms with Crippen molar-refractivity contribution in [2.24, 2.45) is 11.8 Å². The summed E-state index contributed by atoms with van der Waals surface area (Å²) in [6.07, 6.45) is 5.62. The Labute approximate surface area is 380 Å². The van der Waals surface area contributed by atoms with Gasteiger partial charge in [-0.15, -0.1) is 6.58 Å². The molecule has 5 atom stereocenters. The lowest BCUT2D eigenvalue weighted by molar-refractivity contribution is -0.984. The fraction of sp³-hybridized carbons (Fsp3) is 0.196. The number of methoxy groups -OCH3 is 2. The van der Waals surface area contributed by atoms with E-state index in [4.69, 9.17) is 40.8 Å². The summed E-state index contributed by atoms with van der Waals surface area (Å²) >= 11 is 7.28. The van der Waals surface area contributed by atoms with E-state index in [0.29, 0.717) is 34.3 Å². The van der Waals surface area contributed by atoms with Gasteiger partial charge in [0.25, 0.3) is 0 Å². The predicted octanol–water partition coefficient (Wildman–Crippen LogP) is 13.1. The van der Waals surface area contributed by atoms with Crippen molar-refractivity contribution in [1.82, 2.24) is 15.0 Å². The Kier molecular flexibility index (Phi) is 11.4. The van der Waals surface area contributed by atoms with Crippen LogP contribution < -0.4 is 14.2 Å². The van der Waals surface area contributed by atoms with E-state index < -0.39 is 6.10 Å². The summed E-state index contributed by atoms with van der Waals surface area (Å²) in [5.74, 6) is 3.34.